The van der Waals surface area contributed by atoms with Crippen LogP contribution in [0.2, 0.25) is 0 Å². The molecule has 1 aromatic rings. The molecule has 0 radical (unpaired) electrons. The molecule has 0 aliphatic heterocycles. The lowest BCUT2D eigenvalue weighted by molar-refractivity contribution is 0.218. The van der Waals surface area contributed by atoms with Crippen molar-refractivity contribution in [1.82, 2.24) is 5.32 Å². The van der Waals surface area contributed by atoms with Gasteiger partial charge in [-0.1, -0.05) is 30.0 Å². The highest BCUT2D eigenvalue weighted by Crippen LogP contribution is 2.30. The molecule has 0 saturated heterocycles. The van der Waals surface area contributed by atoms with Crippen LogP contribution in [0.5, 0.6) is 0 Å². The zero-order valence-electron chi connectivity index (χ0n) is 9.22. The van der Waals surface area contributed by atoms with E-state index in [-0.39, 0.29) is 0 Å². The Morgan fingerprint density at radius 2 is 2.00 bits per heavy atom. The van der Waals surface area contributed by atoms with Gasteiger partial charge in [0.1, 0.15) is 0 Å². The van der Waals surface area contributed by atoms with E-state index in [9.17, 15) is 0 Å². The van der Waals surface area contributed by atoms with Crippen LogP contribution in [-0.4, -0.2) is 12.1 Å². The van der Waals surface area contributed by atoms with Gasteiger partial charge in [-0.25, -0.2) is 0 Å². The van der Waals surface area contributed by atoms with Crippen LogP contribution >= 0.6 is 0 Å². The first-order valence-corrected chi connectivity index (χ1v) is 5.57. The fourth-order valence-corrected chi connectivity index (χ4v) is 1.81. The van der Waals surface area contributed by atoms with Crippen molar-refractivity contribution < 1.29 is 0 Å². The Hall–Kier alpha value is -1.26. The third kappa shape index (κ3) is 2.84. The second-order valence-electron chi connectivity index (χ2n) is 4.44. The number of rotatable bonds is 2. The Labute approximate surface area is 91.9 Å². The summed E-state index contributed by atoms with van der Waals surface area (Å²) in [6.07, 6.45) is 3.94. The van der Waals surface area contributed by atoms with Crippen molar-refractivity contribution in [1.29, 1.82) is 0 Å². The second kappa shape index (κ2) is 4.51. The maximum absolute atomic E-state index is 3.49. The summed E-state index contributed by atoms with van der Waals surface area (Å²) in [4.78, 5) is 0. The van der Waals surface area contributed by atoms with E-state index in [4.69, 9.17) is 0 Å². The average Bonchev–Trinajstić information content (AvgIpc) is 2.23. The van der Waals surface area contributed by atoms with E-state index in [1.165, 1.54) is 19.3 Å². The fourth-order valence-electron chi connectivity index (χ4n) is 1.81. The number of benzene rings is 1. The molecule has 1 heteroatoms. The predicted molar refractivity (Wildman–Crippen MR) is 63.6 cm³/mol. The van der Waals surface area contributed by atoms with Crippen molar-refractivity contribution in [2.24, 2.45) is 0 Å². The standard InChI is InChI=1S/C14H17N/c1-14(10-6-11-14)15-12-5-9-13-7-3-2-4-8-13/h2-4,7-8,15H,6,10-12H2,1H3. The summed E-state index contributed by atoms with van der Waals surface area (Å²) in [6.45, 7) is 3.08. The Balaban J connectivity index is 1.81. The van der Waals surface area contributed by atoms with Gasteiger partial charge < -0.3 is 5.32 Å². The molecule has 0 bridgehead atoms. The van der Waals surface area contributed by atoms with E-state index < -0.39 is 0 Å². The lowest BCUT2D eigenvalue weighted by Crippen LogP contribution is -2.48. The molecule has 0 amide bonds. The minimum Gasteiger partial charge on any atom is -0.301 e. The lowest BCUT2D eigenvalue weighted by Gasteiger charge is -2.38. The third-order valence-electron chi connectivity index (χ3n) is 3.07. The summed E-state index contributed by atoms with van der Waals surface area (Å²) in [6, 6.07) is 10.1. The topological polar surface area (TPSA) is 12.0 Å². The van der Waals surface area contributed by atoms with Crippen molar-refractivity contribution >= 4 is 0 Å². The molecule has 1 nitrogen and oxygen atoms in total. The number of nitrogens with one attached hydrogen (secondary N) is 1. The van der Waals surface area contributed by atoms with E-state index >= 15 is 0 Å². The molecular weight excluding hydrogens is 182 g/mol. The number of hydrogen-bond donors (Lipinski definition) is 1. The van der Waals surface area contributed by atoms with Crippen molar-refractivity contribution in [2.45, 2.75) is 31.7 Å². The van der Waals surface area contributed by atoms with Crippen LogP contribution in [0.25, 0.3) is 0 Å². The van der Waals surface area contributed by atoms with Gasteiger partial charge in [-0.15, -0.1) is 0 Å². The molecule has 2 rings (SSSR count). The number of hydrogen-bond acceptors (Lipinski definition) is 1. The van der Waals surface area contributed by atoms with Gasteiger partial charge in [0.05, 0.1) is 6.54 Å². The van der Waals surface area contributed by atoms with Gasteiger partial charge >= 0.3 is 0 Å². The van der Waals surface area contributed by atoms with Gasteiger partial charge in [0.25, 0.3) is 0 Å². The molecule has 1 aromatic carbocycles. The second-order valence-corrected chi connectivity index (χ2v) is 4.44. The minimum atomic E-state index is 0.366. The quantitative estimate of drug-likeness (QED) is 0.722. The summed E-state index contributed by atoms with van der Waals surface area (Å²) in [5, 5.41) is 3.49. The molecular formula is C14H17N. The highest BCUT2D eigenvalue weighted by Gasteiger charge is 2.30. The van der Waals surface area contributed by atoms with Crippen molar-refractivity contribution in [3.63, 3.8) is 0 Å². The van der Waals surface area contributed by atoms with Crippen LogP contribution in [-0.2, 0) is 0 Å². The van der Waals surface area contributed by atoms with Gasteiger partial charge in [-0.3, -0.25) is 0 Å². The third-order valence-corrected chi connectivity index (χ3v) is 3.07. The Morgan fingerprint density at radius 3 is 2.60 bits per heavy atom. The summed E-state index contributed by atoms with van der Waals surface area (Å²) in [5.41, 5.74) is 1.46. The first-order chi connectivity index (χ1) is 7.29. The van der Waals surface area contributed by atoms with E-state index in [0.29, 0.717) is 5.54 Å². The van der Waals surface area contributed by atoms with Crippen LogP contribution in [0, 0.1) is 11.8 Å². The molecule has 0 aromatic heterocycles. The van der Waals surface area contributed by atoms with Crippen molar-refractivity contribution in [2.75, 3.05) is 6.54 Å². The molecule has 0 unspecified atom stereocenters. The van der Waals surface area contributed by atoms with Gasteiger partial charge in [0.15, 0.2) is 0 Å². The van der Waals surface area contributed by atoms with Gasteiger partial charge in [0.2, 0.25) is 0 Å². The van der Waals surface area contributed by atoms with Crippen LogP contribution < -0.4 is 5.32 Å². The maximum atomic E-state index is 3.49. The fraction of sp³-hybridized carbons (Fsp3) is 0.429. The van der Waals surface area contributed by atoms with E-state index in [0.717, 1.165) is 12.1 Å². The summed E-state index contributed by atoms with van der Waals surface area (Å²) in [5.74, 6) is 6.32. The molecule has 0 spiro atoms. The highest BCUT2D eigenvalue weighted by atomic mass is 15.0. The zero-order chi connectivity index (χ0) is 10.6. The minimum absolute atomic E-state index is 0.366. The SMILES string of the molecule is CC1(NCC#Cc2ccccc2)CCC1. The van der Waals surface area contributed by atoms with Gasteiger partial charge in [-0.2, -0.15) is 0 Å². The monoisotopic (exact) mass is 199 g/mol. The van der Waals surface area contributed by atoms with E-state index in [1.807, 2.05) is 30.3 Å². The summed E-state index contributed by atoms with van der Waals surface area (Å²) >= 11 is 0. The molecule has 1 fully saturated rings. The van der Waals surface area contributed by atoms with Crippen LogP contribution in [0.4, 0.5) is 0 Å². The highest BCUT2D eigenvalue weighted by molar-refractivity contribution is 5.33. The van der Waals surface area contributed by atoms with Gasteiger partial charge in [0, 0.05) is 11.1 Å². The average molecular weight is 199 g/mol. The Kier molecular flexibility index (Phi) is 3.08. The molecule has 15 heavy (non-hydrogen) atoms. The van der Waals surface area contributed by atoms with Crippen LogP contribution in [0.3, 0.4) is 0 Å². The van der Waals surface area contributed by atoms with Gasteiger partial charge in [-0.05, 0) is 38.3 Å². The Bertz CT molecular complexity index is 365. The largest absolute Gasteiger partial charge is 0.301 e. The van der Waals surface area contributed by atoms with Crippen molar-refractivity contribution in [3.05, 3.63) is 35.9 Å². The van der Waals surface area contributed by atoms with E-state index in [2.05, 4.69) is 24.1 Å². The molecule has 0 heterocycles. The van der Waals surface area contributed by atoms with Crippen LogP contribution in [0.1, 0.15) is 31.7 Å². The smallest absolute Gasteiger partial charge is 0.0584 e. The summed E-state index contributed by atoms with van der Waals surface area (Å²) < 4.78 is 0. The maximum Gasteiger partial charge on any atom is 0.0584 e. The molecule has 1 N–H and O–H groups in total. The van der Waals surface area contributed by atoms with Crippen LogP contribution in [0.15, 0.2) is 30.3 Å². The summed E-state index contributed by atoms with van der Waals surface area (Å²) in [7, 11) is 0. The normalized spacial score (nSPS) is 17.4. The molecule has 1 saturated carbocycles. The molecule has 1 aliphatic carbocycles. The zero-order valence-corrected chi connectivity index (χ0v) is 9.22. The van der Waals surface area contributed by atoms with Crippen molar-refractivity contribution in [3.8, 4) is 11.8 Å². The molecule has 0 atom stereocenters. The predicted octanol–water partition coefficient (Wildman–Crippen LogP) is 2.57. The molecule has 1 aliphatic rings. The van der Waals surface area contributed by atoms with E-state index in [1.54, 1.807) is 0 Å². The Morgan fingerprint density at radius 1 is 1.27 bits per heavy atom. The first kappa shape index (κ1) is 10.3. The lowest BCUT2D eigenvalue weighted by atomic mass is 9.78. The first-order valence-electron chi connectivity index (χ1n) is 5.57. The molecule has 78 valence electrons.